The van der Waals surface area contributed by atoms with Gasteiger partial charge in [-0.2, -0.15) is 0 Å². The highest BCUT2D eigenvalue weighted by molar-refractivity contribution is 7.99. The van der Waals surface area contributed by atoms with Crippen molar-refractivity contribution in [3.8, 4) is 11.4 Å². The summed E-state index contributed by atoms with van der Waals surface area (Å²) in [6, 6.07) is 12.6. The van der Waals surface area contributed by atoms with E-state index >= 15 is 0 Å². The molecule has 0 saturated carbocycles. The van der Waals surface area contributed by atoms with Crippen LogP contribution in [0.25, 0.3) is 11.4 Å². The maximum absolute atomic E-state index is 12.1. The Morgan fingerprint density at radius 1 is 1.16 bits per heavy atom. The average molecular weight is 393 g/mol. The zero-order valence-electron chi connectivity index (χ0n) is 13.2. The summed E-state index contributed by atoms with van der Waals surface area (Å²) in [6.45, 7) is 1.91. The fourth-order valence-electron chi connectivity index (χ4n) is 2.09. The quantitative estimate of drug-likeness (QED) is 0.610. The molecule has 3 aromatic rings. The number of aromatic amines is 1. The smallest absolute Gasteiger partial charge is 0.234 e. The van der Waals surface area contributed by atoms with Crippen molar-refractivity contribution >= 4 is 46.6 Å². The predicted octanol–water partition coefficient (Wildman–Crippen LogP) is 4.82. The van der Waals surface area contributed by atoms with E-state index in [0.717, 1.165) is 11.1 Å². The molecule has 0 unspecified atom stereocenters. The minimum atomic E-state index is -0.145. The minimum absolute atomic E-state index is 0.145. The van der Waals surface area contributed by atoms with Gasteiger partial charge in [0.25, 0.3) is 0 Å². The average Bonchev–Trinajstić information content (AvgIpc) is 3.06. The molecule has 5 nitrogen and oxygen atoms in total. The van der Waals surface area contributed by atoms with Crippen LogP contribution in [0.3, 0.4) is 0 Å². The van der Waals surface area contributed by atoms with Gasteiger partial charge in [0.15, 0.2) is 5.82 Å². The molecule has 0 bridgehead atoms. The van der Waals surface area contributed by atoms with E-state index < -0.39 is 0 Å². The molecule has 1 amide bonds. The maximum atomic E-state index is 12.1. The lowest BCUT2D eigenvalue weighted by Gasteiger charge is -2.07. The zero-order chi connectivity index (χ0) is 17.8. The number of aryl methyl sites for hydroxylation is 1. The normalized spacial score (nSPS) is 10.7. The predicted molar refractivity (Wildman–Crippen MR) is 102 cm³/mol. The van der Waals surface area contributed by atoms with E-state index in [0.29, 0.717) is 26.7 Å². The second-order valence-electron chi connectivity index (χ2n) is 5.27. The second kappa shape index (κ2) is 7.91. The Balaban J connectivity index is 1.59. The van der Waals surface area contributed by atoms with Crippen LogP contribution in [0.4, 0.5) is 5.69 Å². The number of nitrogens with one attached hydrogen (secondary N) is 2. The lowest BCUT2D eigenvalue weighted by Crippen LogP contribution is -2.14. The third-order valence-electron chi connectivity index (χ3n) is 3.39. The number of H-pyrrole nitrogens is 1. The summed E-state index contributed by atoms with van der Waals surface area (Å²) in [4.78, 5) is 16.5. The van der Waals surface area contributed by atoms with Crippen LogP contribution in [0.2, 0.25) is 10.0 Å². The van der Waals surface area contributed by atoms with Gasteiger partial charge in [-0.15, -0.1) is 5.10 Å². The van der Waals surface area contributed by atoms with Gasteiger partial charge in [-0.05, 0) is 48.9 Å². The number of amides is 1. The number of hydrogen-bond donors (Lipinski definition) is 2. The Morgan fingerprint density at radius 3 is 2.64 bits per heavy atom. The Bertz CT molecular complexity index is 896. The highest BCUT2D eigenvalue weighted by Crippen LogP contribution is 2.23. The number of rotatable bonds is 5. The van der Waals surface area contributed by atoms with Gasteiger partial charge in [0.1, 0.15) is 0 Å². The van der Waals surface area contributed by atoms with E-state index in [-0.39, 0.29) is 11.7 Å². The van der Waals surface area contributed by atoms with Crippen molar-refractivity contribution in [3.05, 3.63) is 58.1 Å². The fraction of sp³-hybridized carbons (Fsp3) is 0.118. The van der Waals surface area contributed by atoms with Gasteiger partial charge in [0.05, 0.1) is 5.75 Å². The summed E-state index contributed by atoms with van der Waals surface area (Å²) in [6.07, 6.45) is 0. The number of carbonyl (C=O) groups excluding carboxylic acids is 1. The van der Waals surface area contributed by atoms with E-state index in [1.54, 1.807) is 24.3 Å². The van der Waals surface area contributed by atoms with Crippen LogP contribution in [-0.4, -0.2) is 26.8 Å². The molecule has 1 heterocycles. The molecule has 25 heavy (non-hydrogen) atoms. The van der Waals surface area contributed by atoms with E-state index in [2.05, 4.69) is 20.5 Å². The first-order valence-corrected chi connectivity index (χ1v) is 9.12. The summed E-state index contributed by atoms with van der Waals surface area (Å²) >= 11 is 13.1. The van der Waals surface area contributed by atoms with Crippen LogP contribution in [0.15, 0.2) is 47.6 Å². The van der Waals surface area contributed by atoms with Gasteiger partial charge >= 0.3 is 0 Å². The van der Waals surface area contributed by atoms with Crippen LogP contribution in [0, 0.1) is 6.92 Å². The molecule has 2 aromatic carbocycles. The highest BCUT2D eigenvalue weighted by Gasteiger charge is 2.10. The molecule has 2 N–H and O–H groups in total. The highest BCUT2D eigenvalue weighted by atomic mass is 35.5. The van der Waals surface area contributed by atoms with E-state index in [1.807, 2.05) is 25.1 Å². The lowest BCUT2D eigenvalue weighted by molar-refractivity contribution is -0.113. The molecule has 0 saturated heterocycles. The zero-order valence-corrected chi connectivity index (χ0v) is 15.5. The van der Waals surface area contributed by atoms with Crippen molar-refractivity contribution in [3.63, 3.8) is 0 Å². The van der Waals surface area contributed by atoms with E-state index in [9.17, 15) is 4.79 Å². The summed E-state index contributed by atoms with van der Waals surface area (Å²) in [5, 5.41) is 11.6. The van der Waals surface area contributed by atoms with Crippen molar-refractivity contribution in [2.75, 3.05) is 11.1 Å². The first-order chi connectivity index (χ1) is 12.0. The molecule has 3 rings (SSSR count). The van der Waals surface area contributed by atoms with Crippen LogP contribution < -0.4 is 5.32 Å². The number of carbonyl (C=O) groups is 1. The SMILES string of the molecule is Cc1ccc(Cl)cc1NC(=O)CSc1n[nH]c(-c2ccc(Cl)cc2)n1. The van der Waals surface area contributed by atoms with Gasteiger partial charge in [0.2, 0.25) is 11.1 Å². The summed E-state index contributed by atoms with van der Waals surface area (Å²) in [5.74, 6) is 0.683. The van der Waals surface area contributed by atoms with Crippen molar-refractivity contribution in [1.29, 1.82) is 0 Å². The van der Waals surface area contributed by atoms with Gasteiger partial charge < -0.3 is 5.32 Å². The molecule has 0 aliphatic carbocycles. The van der Waals surface area contributed by atoms with Gasteiger partial charge in [-0.3, -0.25) is 9.89 Å². The van der Waals surface area contributed by atoms with Crippen molar-refractivity contribution in [1.82, 2.24) is 15.2 Å². The first-order valence-electron chi connectivity index (χ1n) is 7.38. The number of hydrogen-bond acceptors (Lipinski definition) is 4. The van der Waals surface area contributed by atoms with Crippen LogP contribution in [0.5, 0.6) is 0 Å². The Morgan fingerprint density at radius 2 is 1.88 bits per heavy atom. The van der Waals surface area contributed by atoms with E-state index in [4.69, 9.17) is 23.2 Å². The molecule has 8 heteroatoms. The van der Waals surface area contributed by atoms with Gasteiger partial charge in [-0.1, -0.05) is 41.0 Å². The third-order valence-corrected chi connectivity index (χ3v) is 4.72. The summed E-state index contributed by atoms with van der Waals surface area (Å²) in [7, 11) is 0. The molecule has 128 valence electrons. The van der Waals surface area contributed by atoms with Crippen molar-refractivity contribution in [2.24, 2.45) is 0 Å². The standard InChI is InChI=1S/C17H14Cl2N4OS/c1-10-2-5-13(19)8-14(10)20-15(24)9-25-17-21-16(22-23-17)11-3-6-12(18)7-4-11/h2-8H,9H2,1H3,(H,20,24)(H,21,22,23). The monoisotopic (exact) mass is 392 g/mol. The molecule has 0 aliphatic rings. The second-order valence-corrected chi connectivity index (χ2v) is 7.08. The Labute approximate surface area is 159 Å². The van der Waals surface area contributed by atoms with Crippen LogP contribution in [0.1, 0.15) is 5.56 Å². The number of halogens is 2. The van der Waals surface area contributed by atoms with Gasteiger partial charge in [-0.25, -0.2) is 4.98 Å². The minimum Gasteiger partial charge on any atom is -0.325 e. The summed E-state index contributed by atoms with van der Waals surface area (Å²) in [5.41, 5.74) is 2.53. The largest absolute Gasteiger partial charge is 0.325 e. The van der Waals surface area contributed by atoms with Crippen LogP contribution >= 0.6 is 35.0 Å². The molecule has 0 atom stereocenters. The molecular formula is C17H14Cl2N4OS. The number of anilines is 1. The molecule has 1 aromatic heterocycles. The Hall–Kier alpha value is -2.02. The number of nitrogens with zero attached hydrogens (tertiary/aromatic N) is 2. The van der Waals surface area contributed by atoms with E-state index in [1.165, 1.54) is 11.8 Å². The molecule has 0 spiro atoms. The summed E-state index contributed by atoms with van der Waals surface area (Å²) < 4.78 is 0. The molecule has 0 radical (unpaired) electrons. The number of benzene rings is 2. The number of thioether (sulfide) groups is 1. The first kappa shape index (κ1) is 17.8. The third kappa shape index (κ3) is 4.75. The molecule has 0 fully saturated rings. The van der Waals surface area contributed by atoms with Crippen LogP contribution in [-0.2, 0) is 4.79 Å². The molecule has 0 aliphatic heterocycles. The fourth-order valence-corrected chi connectivity index (χ4v) is 2.99. The van der Waals surface area contributed by atoms with Crippen molar-refractivity contribution < 1.29 is 4.79 Å². The topological polar surface area (TPSA) is 70.7 Å². The lowest BCUT2D eigenvalue weighted by atomic mass is 10.2. The van der Waals surface area contributed by atoms with Crippen molar-refractivity contribution in [2.45, 2.75) is 12.1 Å². The maximum Gasteiger partial charge on any atom is 0.234 e. The Kier molecular flexibility index (Phi) is 5.63. The molecular weight excluding hydrogens is 379 g/mol. The number of aromatic nitrogens is 3. The van der Waals surface area contributed by atoms with Gasteiger partial charge in [0, 0.05) is 21.3 Å².